The molecule has 1 aromatic carbocycles. The number of aliphatic hydroxyl groups excluding tert-OH is 1. The minimum Gasteiger partial charge on any atom is -0.391 e. The summed E-state index contributed by atoms with van der Waals surface area (Å²) in [7, 11) is 0. The second kappa shape index (κ2) is 14.8. The fourth-order valence-electron chi connectivity index (χ4n) is 7.11. The third kappa shape index (κ3) is 7.72. The Kier molecular flexibility index (Phi) is 10.6. The molecule has 3 aliphatic heterocycles. The van der Waals surface area contributed by atoms with Gasteiger partial charge in [-0.1, -0.05) is 43.3 Å². The number of anilines is 1. The second-order valence-electron chi connectivity index (χ2n) is 13.6. The van der Waals surface area contributed by atoms with Gasteiger partial charge in [0.15, 0.2) is 11.6 Å². The Hall–Kier alpha value is -3.32. The number of aryl methyl sites for hydroxylation is 1. The van der Waals surface area contributed by atoms with Gasteiger partial charge in [0.1, 0.15) is 12.0 Å². The summed E-state index contributed by atoms with van der Waals surface area (Å²) in [6.45, 7) is 11.6. The highest BCUT2D eigenvalue weighted by Crippen LogP contribution is 2.34. The van der Waals surface area contributed by atoms with E-state index < -0.39 is 18.1 Å². The van der Waals surface area contributed by atoms with Crippen LogP contribution in [0.2, 0.25) is 0 Å². The molecule has 12 heteroatoms. The highest BCUT2D eigenvalue weighted by molar-refractivity contribution is 7.13. The number of carbonyl (C=O) groups excluding carboxylic acids is 2. The van der Waals surface area contributed by atoms with Crippen molar-refractivity contribution in [2.24, 2.45) is 5.92 Å². The van der Waals surface area contributed by atoms with Crippen LogP contribution in [-0.2, 0) is 14.3 Å². The molecule has 47 heavy (non-hydrogen) atoms. The number of thiazole rings is 1. The van der Waals surface area contributed by atoms with Crippen molar-refractivity contribution in [1.82, 2.24) is 25.7 Å². The maximum Gasteiger partial charge on any atom is 0.243 e. The van der Waals surface area contributed by atoms with Gasteiger partial charge in [-0.25, -0.2) is 4.98 Å². The van der Waals surface area contributed by atoms with Gasteiger partial charge in [-0.2, -0.15) is 0 Å². The lowest BCUT2D eigenvalue weighted by Crippen LogP contribution is -2.48. The Bertz CT molecular complexity index is 1490. The van der Waals surface area contributed by atoms with Crippen LogP contribution >= 0.6 is 11.3 Å². The molecule has 254 valence electrons. The molecule has 3 aromatic rings. The molecule has 0 saturated carbocycles. The van der Waals surface area contributed by atoms with E-state index in [1.807, 2.05) is 63.5 Å². The number of carbonyl (C=O) groups is 2. The van der Waals surface area contributed by atoms with Gasteiger partial charge in [-0.3, -0.25) is 9.59 Å². The molecule has 0 bridgehead atoms. The maximum atomic E-state index is 14.1. The summed E-state index contributed by atoms with van der Waals surface area (Å²) in [5, 5.41) is 21.5. The lowest BCUT2D eigenvalue weighted by molar-refractivity contribution is -0.141. The molecular weight excluding hydrogens is 616 g/mol. The van der Waals surface area contributed by atoms with Gasteiger partial charge in [0.05, 0.1) is 40.4 Å². The van der Waals surface area contributed by atoms with Crippen LogP contribution in [0.25, 0.3) is 10.4 Å². The third-order valence-electron chi connectivity index (χ3n) is 9.83. The van der Waals surface area contributed by atoms with Gasteiger partial charge < -0.3 is 34.8 Å². The number of piperidine rings is 2. The SMILES string of the molecule is Cc1ncsc1-c1ccc([C@H](C)NC(=O)[C@@H]2C[C@@H](O)CN2C(=O)[C@@H](c2cc(N3CCC(OC4CCNCC4)CC3)no2)C(C)C)cc1. The first kappa shape index (κ1) is 33.6. The zero-order valence-corrected chi connectivity index (χ0v) is 28.7. The number of hydrogen-bond acceptors (Lipinski definition) is 10. The minimum atomic E-state index is -0.779. The van der Waals surface area contributed by atoms with Gasteiger partial charge in [0.2, 0.25) is 11.8 Å². The number of amides is 2. The molecule has 5 heterocycles. The van der Waals surface area contributed by atoms with Crippen LogP contribution in [0.1, 0.15) is 81.9 Å². The standard InChI is InChI=1S/C35H48N6O5S/c1-21(2)32(30-18-31(39-46-30)40-15-11-28(12-16-40)45-27-9-13-36-14-10-27)35(44)41-19-26(42)17-29(41)34(43)38-22(3)24-5-7-25(8-6-24)33-23(4)37-20-47-33/h5-8,18,20-22,26-29,32,36,42H,9-17,19H2,1-4H3,(H,38,43)/t22-,26+,29-,32+/m0/s1. The minimum absolute atomic E-state index is 0.100. The van der Waals surface area contributed by atoms with Crippen LogP contribution in [-0.4, -0.2) is 89.0 Å². The van der Waals surface area contributed by atoms with Gasteiger partial charge in [0.25, 0.3) is 0 Å². The predicted octanol–water partition coefficient (Wildman–Crippen LogP) is 4.42. The van der Waals surface area contributed by atoms with Crippen molar-refractivity contribution < 1.29 is 24.0 Å². The van der Waals surface area contributed by atoms with E-state index in [4.69, 9.17) is 9.26 Å². The first-order chi connectivity index (χ1) is 22.7. The number of rotatable bonds is 10. The molecule has 0 aliphatic carbocycles. The first-order valence-electron chi connectivity index (χ1n) is 17.0. The van der Waals surface area contributed by atoms with Crippen LogP contribution in [0, 0.1) is 12.8 Å². The Balaban J connectivity index is 1.08. The number of benzene rings is 1. The van der Waals surface area contributed by atoms with Crippen molar-refractivity contribution in [2.75, 3.05) is 37.6 Å². The number of aliphatic hydroxyl groups is 1. The van der Waals surface area contributed by atoms with Gasteiger partial charge >= 0.3 is 0 Å². The van der Waals surface area contributed by atoms with Crippen molar-refractivity contribution in [3.05, 3.63) is 52.9 Å². The third-order valence-corrected chi connectivity index (χ3v) is 10.8. The highest BCUT2D eigenvalue weighted by atomic mass is 32.1. The summed E-state index contributed by atoms with van der Waals surface area (Å²) in [6, 6.07) is 8.91. The summed E-state index contributed by atoms with van der Waals surface area (Å²) in [4.78, 5) is 36.9. The predicted molar refractivity (Wildman–Crippen MR) is 181 cm³/mol. The highest BCUT2D eigenvalue weighted by Gasteiger charge is 2.43. The van der Waals surface area contributed by atoms with Crippen LogP contribution in [0.5, 0.6) is 0 Å². The Morgan fingerprint density at radius 2 is 1.79 bits per heavy atom. The van der Waals surface area contributed by atoms with E-state index in [2.05, 4.69) is 25.7 Å². The smallest absolute Gasteiger partial charge is 0.243 e. The molecule has 0 unspecified atom stereocenters. The van der Waals surface area contributed by atoms with E-state index in [0.717, 1.165) is 79.4 Å². The number of nitrogens with one attached hydrogen (secondary N) is 2. The lowest BCUT2D eigenvalue weighted by Gasteiger charge is -2.34. The summed E-state index contributed by atoms with van der Waals surface area (Å²) in [5.41, 5.74) is 4.88. The van der Waals surface area contributed by atoms with E-state index in [1.54, 1.807) is 11.3 Å². The topological polar surface area (TPSA) is 133 Å². The summed E-state index contributed by atoms with van der Waals surface area (Å²) >= 11 is 1.60. The molecule has 2 aromatic heterocycles. The number of nitrogens with zero attached hydrogens (tertiary/aromatic N) is 4. The molecule has 2 amide bonds. The zero-order chi connectivity index (χ0) is 33.1. The number of β-amino-alcohol motifs (C(OH)–C–C–N with tert-alkyl or cyclic N) is 1. The fraction of sp³-hybridized carbons (Fsp3) is 0.600. The van der Waals surface area contributed by atoms with Crippen LogP contribution in [0.3, 0.4) is 0 Å². The lowest BCUT2D eigenvalue weighted by atomic mass is 9.91. The first-order valence-corrected chi connectivity index (χ1v) is 17.9. The average Bonchev–Trinajstić information content (AvgIpc) is 3.82. The molecule has 0 radical (unpaired) electrons. The summed E-state index contributed by atoms with van der Waals surface area (Å²) < 4.78 is 12.2. The second-order valence-corrected chi connectivity index (χ2v) is 14.5. The maximum absolute atomic E-state index is 14.1. The molecule has 0 spiro atoms. The Labute approximate surface area is 281 Å². The molecule has 3 N–H and O–H groups in total. The van der Waals surface area contributed by atoms with E-state index >= 15 is 0 Å². The molecule has 3 fully saturated rings. The van der Waals surface area contributed by atoms with Crippen molar-refractivity contribution in [3.63, 3.8) is 0 Å². The number of ether oxygens (including phenoxy) is 1. The molecule has 6 rings (SSSR count). The number of hydrogen-bond donors (Lipinski definition) is 3. The normalized spacial score (nSPS) is 22.5. The monoisotopic (exact) mass is 664 g/mol. The largest absolute Gasteiger partial charge is 0.391 e. The zero-order valence-electron chi connectivity index (χ0n) is 27.9. The van der Waals surface area contributed by atoms with Crippen molar-refractivity contribution in [1.29, 1.82) is 0 Å². The average molecular weight is 665 g/mol. The van der Waals surface area contributed by atoms with Crippen LogP contribution in [0.15, 0.2) is 40.4 Å². The van der Waals surface area contributed by atoms with E-state index in [9.17, 15) is 14.7 Å². The van der Waals surface area contributed by atoms with Gasteiger partial charge in [-0.05, 0) is 69.7 Å². The Morgan fingerprint density at radius 3 is 2.45 bits per heavy atom. The molecule has 11 nitrogen and oxygen atoms in total. The quantitative estimate of drug-likeness (QED) is 0.288. The fourth-order valence-corrected chi connectivity index (χ4v) is 7.93. The Morgan fingerprint density at radius 1 is 1.09 bits per heavy atom. The van der Waals surface area contributed by atoms with Crippen molar-refractivity contribution >= 4 is 29.0 Å². The number of aromatic nitrogens is 2. The number of likely N-dealkylation sites (tertiary alicyclic amines) is 1. The molecule has 3 aliphatic rings. The van der Waals surface area contributed by atoms with Crippen LogP contribution in [0.4, 0.5) is 5.82 Å². The van der Waals surface area contributed by atoms with E-state index in [0.29, 0.717) is 11.9 Å². The van der Waals surface area contributed by atoms with E-state index in [-0.39, 0.29) is 42.8 Å². The summed E-state index contributed by atoms with van der Waals surface area (Å²) in [5.74, 6) is -0.0325. The van der Waals surface area contributed by atoms with Crippen molar-refractivity contribution in [2.45, 2.75) is 96.1 Å². The van der Waals surface area contributed by atoms with E-state index in [1.165, 1.54) is 4.90 Å². The molecule has 3 saturated heterocycles. The molecule has 4 atom stereocenters. The van der Waals surface area contributed by atoms with Crippen molar-refractivity contribution in [3.8, 4) is 10.4 Å². The molecular formula is C35H48N6O5S. The van der Waals surface area contributed by atoms with Gasteiger partial charge in [0, 0.05) is 32.1 Å². The summed E-state index contributed by atoms with van der Waals surface area (Å²) in [6.07, 6.45) is 3.99. The van der Waals surface area contributed by atoms with Gasteiger partial charge in [-0.15, -0.1) is 11.3 Å². The van der Waals surface area contributed by atoms with Crippen LogP contribution < -0.4 is 15.5 Å².